The molecule has 0 fully saturated rings. The van der Waals surface area contributed by atoms with Crippen LogP contribution in [-0.2, 0) is 0 Å². The zero-order valence-corrected chi connectivity index (χ0v) is 9.82. The lowest BCUT2D eigenvalue weighted by Crippen LogP contribution is -2.40. The van der Waals surface area contributed by atoms with E-state index in [-0.39, 0.29) is 11.4 Å². The van der Waals surface area contributed by atoms with E-state index in [0.29, 0.717) is 5.56 Å². The third-order valence-electron chi connectivity index (χ3n) is 2.30. The third-order valence-corrected chi connectivity index (χ3v) is 2.30. The SMILES string of the molecule is CC(C)(C)NC(=O)c1cccn2cccc12. The fourth-order valence-electron chi connectivity index (χ4n) is 1.67. The third kappa shape index (κ3) is 2.08. The Morgan fingerprint density at radius 3 is 2.44 bits per heavy atom. The summed E-state index contributed by atoms with van der Waals surface area (Å²) in [5.41, 5.74) is 1.43. The Balaban J connectivity index is 2.40. The Morgan fingerprint density at radius 1 is 1.19 bits per heavy atom. The molecule has 84 valence electrons. The first kappa shape index (κ1) is 10.7. The molecule has 2 heterocycles. The number of aromatic nitrogens is 1. The van der Waals surface area contributed by atoms with Crippen LogP contribution in [0.4, 0.5) is 0 Å². The summed E-state index contributed by atoms with van der Waals surface area (Å²) in [6.07, 6.45) is 3.87. The molecule has 0 bridgehead atoms. The molecule has 1 amide bonds. The molecule has 16 heavy (non-hydrogen) atoms. The highest BCUT2D eigenvalue weighted by Crippen LogP contribution is 2.12. The smallest absolute Gasteiger partial charge is 0.253 e. The highest BCUT2D eigenvalue weighted by Gasteiger charge is 2.16. The molecule has 2 aromatic heterocycles. The molecule has 1 N–H and O–H groups in total. The molecular formula is C13H16N2O. The molecule has 3 heteroatoms. The van der Waals surface area contributed by atoms with Gasteiger partial charge >= 0.3 is 0 Å². The lowest BCUT2D eigenvalue weighted by molar-refractivity contribution is 0.0921. The van der Waals surface area contributed by atoms with Crippen LogP contribution in [0.3, 0.4) is 0 Å². The van der Waals surface area contributed by atoms with E-state index < -0.39 is 0 Å². The van der Waals surface area contributed by atoms with Gasteiger partial charge in [-0.25, -0.2) is 0 Å². The molecule has 0 aliphatic carbocycles. The number of pyridine rings is 1. The molecule has 2 rings (SSSR count). The van der Waals surface area contributed by atoms with Gasteiger partial charge < -0.3 is 9.72 Å². The number of hydrogen-bond acceptors (Lipinski definition) is 1. The number of carbonyl (C=O) groups is 1. The van der Waals surface area contributed by atoms with Crippen molar-refractivity contribution in [2.45, 2.75) is 26.3 Å². The Morgan fingerprint density at radius 2 is 1.81 bits per heavy atom. The molecule has 0 aliphatic rings. The number of nitrogens with one attached hydrogen (secondary N) is 1. The van der Waals surface area contributed by atoms with E-state index >= 15 is 0 Å². The summed E-state index contributed by atoms with van der Waals surface area (Å²) in [4.78, 5) is 12.0. The molecule has 0 spiro atoms. The summed E-state index contributed by atoms with van der Waals surface area (Å²) in [5.74, 6) is -0.0307. The van der Waals surface area contributed by atoms with Gasteiger partial charge in [0, 0.05) is 17.9 Å². The van der Waals surface area contributed by atoms with Crippen LogP contribution in [-0.4, -0.2) is 15.8 Å². The van der Waals surface area contributed by atoms with Gasteiger partial charge in [0.25, 0.3) is 5.91 Å². The van der Waals surface area contributed by atoms with Gasteiger partial charge in [-0.1, -0.05) is 0 Å². The largest absolute Gasteiger partial charge is 0.347 e. The van der Waals surface area contributed by atoms with Gasteiger partial charge in [0.1, 0.15) is 0 Å². The van der Waals surface area contributed by atoms with Crippen molar-refractivity contribution in [1.29, 1.82) is 0 Å². The van der Waals surface area contributed by atoms with Crippen molar-refractivity contribution in [3.63, 3.8) is 0 Å². The molecular weight excluding hydrogens is 200 g/mol. The molecule has 0 aliphatic heterocycles. The van der Waals surface area contributed by atoms with E-state index in [9.17, 15) is 4.79 Å². The lowest BCUT2D eigenvalue weighted by atomic mass is 10.1. The Hall–Kier alpha value is -1.77. The van der Waals surface area contributed by atoms with Crippen LogP contribution in [0.5, 0.6) is 0 Å². The molecule has 0 unspecified atom stereocenters. The van der Waals surface area contributed by atoms with Crippen molar-refractivity contribution in [3.8, 4) is 0 Å². The number of fused-ring (bicyclic) bond motifs is 1. The van der Waals surface area contributed by atoms with Crippen LogP contribution < -0.4 is 5.32 Å². The van der Waals surface area contributed by atoms with Gasteiger partial charge in [0.15, 0.2) is 0 Å². The van der Waals surface area contributed by atoms with E-state index in [1.165, 1.54) is 0 Å². The number of carbonyl (C=O) groups excluding carboxylic acids is 1. The maximum absolute atomic E-state index is 12.0. The summed E-state index contributed by atoms with van der Waals surface area (Å²) in [6.45, 7) is 5.93. The minimum Gasteiger partial charge on any atom is -0.347 e. The van der Waals surface area contributed by atoms with E-state index in [4.69, 9.17) is 0 Å². The molecule has 0 saturated carbocycles. The van der Waals surface area contributed by atoms with Crippen LogP contribution in [0.2, 0.25) is 0 Å². The monoisotopic (exact) mass is 216 g/mol. The second-order valence-corrected chi connectivity index (χ2v) is 4.93. The zero-order chi connectivity index (χ0) is 11.8. The molecule has 2 aromatic rings. The topological polar surface area (TPSA) is 33.5 Å². The van der Waals surface area contributed by atoms with E-state index in [1.54, 1.807) is 0 Å². The maximum atomic E-state index is 12.0. The van der Waals surface area contributed by atoms with Crippen molar-refractivity contribution in [2.75, 3.05) is 0 Å². The second-order valence-electron chi connectivity index (χ2n) is 4.93. The van der Waals surface area contributed by atoms with Crippen molar-refractivity contribution in [1.82, 2.24) is 9.72 Å². The van der Waals surface area contributed by atoms with Crippen LogP contribution in [0.15, 0.2) is 36.7 Å². The molecule has 0 aromatic carbocycles. The Labute approximate surface area is 95.1 Å². The summed E-state index contributed by atoms with van der Waals surface area (Å²) in [5, 5.41) is 2.97. The van der Waals surface area contributed by atoms with Crippen molar-refractivity contribution >= 4 is 11.4 Å². The highest BCUT2D eigenvalue weighted by atomic mass is 16.1. The van der Waals surface area contributed by atoms with Crippen molar-refractivity contribution < 1.29 is 4.79 Å². The van der Waals surface area contributed by atoms with Crippen molar-refractivity contribution in [2.24, 2.45) is 0 Å². The number of amides is 1. The Kier molecular flexibility index (Phi) is 2.46. The minimum absolute atomic E-state index is 0.0307. The lowest BCUT2D eigenvalue weighted by Gasteiger charge is -2.20. The fourth-order valence-corrected chi connectivity index (χ4v) is 1.67. The van der Waals surface area contributed by atoms with Gasteiger partial charge in [0.05, 0.1) is 11.1 Å². The fraction of sp³-hybridized carbons (Fsp3) is 0.308. The Bertz CT molecular complexity index is 520. The number of nitrogens with zero attached hydrogens (tertiary/aromatic N) is 1. The highest BCUT2D eigenvalue weighted by molar-refractivity contribution is 6.01. The first-order chi connectivity index (χ1) is 7.47. The van der Waals surface area contributed by atoms with E-state index in [1.807, 2.05) is 61.8 Å². The van der Waals surface area contributed by atoms with E-state index in [0.717, 1.165) is 5.52 Å². The first-order valence-corrected chi connectivity index (χ1v) is 5.35. The predicted molar refractivity (Wildman–Crippen MR) is 64.6 cm³/mol. The number of hydrogen-bond donors (Lipinski definition) is 1. The molecule has 0 saturated heterocycles. The van der Waals surface area contributed by atoms with Crippen LogP contribution >= 0.6 is 0 Å². The molecule has 3 nitrogen and oxygen atoms in total. The van der Waals surface area contributed by atoms with Crippen molar-refractivity contribution in [3.05, 3.63) is 42.2 Å². The normalized spacial score (nSPS) is 11.7. The zero-order valence-electron chi connectivity index (χ0n) is 9.82. The first-order valence-electron chi connectivity index (χ1n) is 5.35. The van der Waals surface area contributed by atoms with Gasteiger partial charge in [0.2, 0.25) is 0 Å². The summed E-state index contributed by atoms with van der Waals surface area (Å²) in [6, 6.07) is 7.60. The van der Waals surface area contributed by atoms with Gasteiger partial charge in [-0.2, -0.15) is 0 Å². The van der Waals surface area contributed by atoms with Gasteiger partial charge in [-0.05, 0) is 45.0 Å². The second kappa shape index (κ2) is 3.67. The molecule has 0 atom stereocenters. The average molecular weight is 216 g/mol. The quantitative estimate of drug-likeness (QED) is 0.780. The average Bonchev–Trinajstić information content (AvgIpc) is 2.61. The summed E-state index contributed by atoms with van der Waals surface area (Å²) >= 11 is 0. The van der Waals surface area contributed by atoms with Gasteiger partial charge in [-0.15, -0.1) is 0 Å². The van der Waals surface area contributed by atoms with Crippen LogP contribution in [0, 0.1) is 0 Å². The predicted octanol–water partition coefficient (Wildman–Crippen LogP) is 2.47. The maximum Gasteiger partial charge on any atom is 0.253 e. The van der Waals surface area contributed by atoms with E-state index in [2.05, 4.69) is 5.32 Å². The molecule has 0 radical (unpaired) electrons. The van der Waals surface area contributed by atoms with Crippen LogP contribution in [0.25, 0.3) is 5.52 Å². The van der Waals surface area contributed by atoms with Crippen LogP contribution in [0.1, 0.15) is 31.1 Å². The van der Waals surface area contributed by atoms with Gasteiger partial charge in [-0.3, -0.25) is 4.79 Å². The standard InChI is InChI=1S/C13H16N2O/c1-13(2,3)14-12(16)10-6-4-8-15-9-5-7-11(10)15/h4-9H,1-3H3,(H,14,16). The summed E-state index contributed by atoms with van der Waals surface area (Å²) < 4.78 is 1.94. The minimum atomic E-state index is -0.212. The summed E-state index contributed by atoms with van der Waals surface area (Å²) in [7, 11) is 0. The number of rotatable bonds is 1.